The molecule has 1 atom stereocenters. The van der Waals surface area contributed by atoms with Crippen molar-refractivity contribution in [3.05, 3.63) is 33.0 Å². The van der Waals surface area contributed by atoms with E-state index in [1.165, 1.54) is 17.8 Å². The number of nitrogen functional groups attached to an aromatic ring is 1. The van der Waals surface area contributed by atoms with Crippen molar-refractivity contribution in [3.8, 4) is 0 Å². The molecular weight excluding hydrogens is 506 g/mol. The molecule has 0 radical (unpaired) electrons. The highest BCUT2D eigenvalue weighted by Gasteiger charge is 2.34. The number of aromatic nitrogens is 1. The van der Waals surface area contributed by atoms with E-state index in [0.29, 0.717) is 18.9 Å². The summed E-state index contributed by atoms with van der Waals surface area (Å²) in [5, 5.41) is 8.01. The molecule has 10 heteroatoms. The normalized spacial score (nSPS) is 15.1. The Balaban J connectivity index is 1.86. The second-order valence-electron chi connectivity index (χ2n) is 10.7. The fourth-order valence-electron chi connectivity index (χ4n) is 4.56. The zero-order chi connectivity index (χ0) is 26.9. The Labute approximate surface area is 228 Å². The van der Waals surface area contributed by atoms with Crippen LogP contribution < -0.4 is 16.4 Å². The van der Waals surface area contributed by atoms with E-state index < -0.39 is 6.04 Å². The van der Waals surface area contributed by atoms with Gasteiger partial charge in [0.25, 0.3) is 11.8 Å². The Morgan fingerprint density at radius 2 is 1.86 bits per heavy atom. The van der Waals surface area contributed by atoms with Crippen LogP contribution in [0.15, 0.2) is 17.5 Å². The lowest BCUT2D eigenvalue weighted by molar-refractivity contribution is -0.126. The molecule has 0 bridgehead atoms. The van der Waals surface area contributed by atoms with Crippen molar-refractivity contribution in [2.24, 2.45) is 11.8 Å². The molecule has 2 aromatic rings. The van der Waals surface area contributed by atoms with E-state index in [0.717, 1.165) is 48.5 Å². The molecule has 8 nitrogen and oxygen atoms in total. The van der Waals surface area contributed by atoms with Gasteiger partial charge in [-0.15, -0.1) is 11.3 Å². The molecular formula is C27H41N5O3S2. The van der Waals surface area contributed by atoms with Gasteiger partial charge in [-0.3, -0.25) is 14.4 Å². The third-order valence-corrected chi connectivity index (χ3v) is 8.35. The average molecular weight is 548 g/mol. The smallest absolute Gasteiger partial charge is 0.273 e. The number of nitrogens with zero attached hydrogens (tertiary/aromatic N) is 2. The van der Waals surface area contributed by atoms with Crippen LogP contribution in [0.5, 0.6) is 0 Å². The first-order valence-electron chi connectivity index (χ1n) is 13.3. The molecule has 3 amide bonds. The van der Waals surface area contributed by atoms with Crippen molar-refractivity contribution >= 4 is 46.3 Å². The molecule has 1 fully saturated rings. The first-order valence-corrected chi connectivity index (χ1v) is 15.0. The topological polar surface area (TPSA) is 117 Å². The Morgan fingerprint density at radius 3 is 2.49 bits per heavy atom. The van der Waals surface area contributed by atoms with Crippen LogP contribution in [0.3, 0.4) is 0 Å². The molecule has 0 aliphatic heterocycles. The minimum atomic E-state index is -0.664. The lowest BCUT2D eigenvalue weighted by Crippen LogP contribution is -2.50. The van der Waals surface area contributed by atoms with Crippen molar-refractivity contribution < 1.29 is 14.4 Å². The molecule has 1 saturated carbocycles. The van der Waals surface area contributed by atoms with Gasteiger partial charge in [-0.2, -0.15) is 4.37 Å². The van der Waals surface area contributed by atoms with Gasteiger partial charge in [-0.25, -0.2) is 0 Å². The molecule has 2 heterocycles. The van der Waals surface area contributed by atoms with Gasteiger partial charge in [0.15, 0.2) is 5.69 Å². The molecule has 37 heavy (non-hydrogen) atoms. The molecule has 0 unspecified atom stereocenters. The SMILES string of the molecule is CC(C)CCNC(=O)[C@H](CC(C)C)N(Cc1cccs1)C(=O)c1snc(C(=O)NC2CCCCC2)c1N. The molecule has 1 aliphatic carbocycles. The number of carbonyl (C=O) groups excluding carboxylic acids is 3. The van der Waals surface area contributed by atoms with E-state index in [1.807, 2.05) is 31.4 Å². The maximum absolute atomic E-state index is 13.9. The fourth-order valence-corrected chi connectivity index (χ4v) is 6.02. The number of nitrogens with one attached hydrogen (secondary N) is 2. The predicted octanol–water partition coefficient (Wildman–Crippen LogP) is 5.07. The van der Waals surface area contributed by atoms with E-state index >= 15 is 0 Å². The molecule has 3 rings (SSSR count). The minimum Gasteiger partial charge on any atom is -0.395 e. The second-order valence-corrected chi connectivity index (χ2v) is 12.5. The molecule has 0 aromatic carbocycles. The summed E-state index contributed by atoms with van der Waals surface area (Å²) in [6, 6.07) is 3.33. The Kier molecular flexibility index (Phi) is 10.9. The van der Waals surface area contributed by atoms with Crippen LogP contribution >= 0.6 is 22.9 Å². The lowest BCUT2D eigenvalue weighted by Gasteiger charge is -2.31. The van der Waals surface area contributed by atoms with Crippen molar-refractivity contribution in [1.82, 2.24) is 19.9 Å². The maximum atomic E-state index is 13.9. The maximum Gasteiger partial charge on any atom is 0.273 e. The fraction of sp³-hybridized carbons (Fsp3) is 0.630. The minimum absolute atomic E-state index is 0.0861. The molecule has 0 spiro atoms. The van der Waals surface area contributed by atoms with Crippen LogP contribution in [-0.4, -0.2) is 45.6 Å². The Morgan fingerprint density at radius 1 is 1.14 bits per heavy atom. The molecule has 1 aliphatic rings. The third-order valence-electron chi connectivity index (χ3n) is 6.64. The summed E-state index contributed by atoms with van der Waals surface area (Å²) in [6.45, 7) is 9.14. The van der Waals surface area contributed by atoms with E-state index in [-0.39, 0.29) is 52.5 Å². The first-order chi connectivity index (χ1) is 17.7. The van der Waals surface area contributed by atoms with Gasteiger partial charge in [-0.05, 0) is 60.5 Å². The highest BCUT2D eigenvalue weighted by molar-refractivity contribution is 7.10. The number of nitrogens with two attached hydrogens (primary N) is 1. The van der Waals surface area contributed by atoms with Crippen LogP contribution in [0.25, 0.3) is 0 Å². The van der Waals surface area contributed by atoms with Crippen LogP contribution in [0.4, 0.5) is 5.69 Å². The van der Waals surface area contributed by atoms with Crippen LogP contribution in [0.2, 0.25) is 0 Å². The number of carbonyl (C=O) groups is 3. The second kappa shape index (κ2) is 13.9. The number of amides is 3. The van der Waals surface area contributed by atoms with E-state index in [9.17, 15) is 14.4 Å². The summed E-state index contributed by atoms with van der Waals surface area (Å²) in [5.74, 6) is -0.227. The van der Waals surface area contributed by atoms with Crippen molar-refractivity contribution in [2.45, 2.75) is 91.3 Å². The molecule has 4 N–H and O–H groups in total. The third kappa shape index (κ3) is 8.26. The highest BCUT2D eigenvalue weighted by atomic mass is 32.1. The Hall–Kier alpha value is -2.46. The van der Waals surface area contributed by atoms with Crippen molar-refractivity contribution in [1.29, 1.82) is 0 Å². The quantitative estimate of drug-likeness (QED) is 0.343. The van der Waals surface area contributed by atoms with Gasteiger partial charge in [0.1, 0.15) is 10.9 Å². The summed E-state index contributed by atoms with van der Waals surface area (Å²) in [6.07, 6.45) is 6.63. The number of rotatable bonds is 12. The number of thiophene rings is 1. The molecule has 0 saturated heterocycles. The summed E-state index contributed by atoms with van der Waals surface area (Å²) in [4.78, 5) is 43.0. The van der Waals surface area contributed by atoms with Crippen LogP contribution in [0, 0.1) is 11.8 Å². The van der Waals surface area contributed by atoms with Gasteiger partial charge >= 0.3 is 0 Å². The highest BCUT2D eigenvalue weighted by Crippen LogP contribution is 2.28. The van der Waals surface area contributed by atoms with Gasteiger partial charge in [0, 0.05) is 17.5 Å². The van der Waals surface area contributed by atoms with Crippen molar-refractivity contribution in [2.75, 3.05) is 12.3 Å². The summed E-state index contributed by atoms with van der Waals surface area (Å²) < 4.78 is 4.27. The number of hydrogen-bond donors (Lipinski definition) is 3. The number of anilines is 1. The van der Waals surface area contributed by atoms with Gasteiger partial charge in [0.2, 0.25) is 5.91 Å². The van der Waals surface area contributed by atoms with Gasteiger partial charge in [-0.1, -0.05) is 53.0 Å². The van der Waals surface area contributed by atoms with E-state index in [2.05, 4.69) is 28.9 Å². The van der Waals surface area contributed by atoms with E-state index in [4.69, 9.17) is 5.73 Å². The zero-order valence-corrected chi connectivity index (χ0v) is 24.1. The van der Waals surface area contributed by atoms with Crippen molar-refractivity contribution in [3.63, 3.8) is 0 Å². The van der Waals surface area contributed by atoms with Crippen LogP contribution in [-0.2, 0) is 11.3 Å². The first kappa shape index (κ1) is 29.1. The Bertz CT molecular complexity index is 1030. The largest absolute Gasteiger partial charge is 0.395 e. The average Bonchev–Trinajstić information content (AvgIpc) is 3.50. The standard InChI is InChI=1S/C27H41N5O3S2/c1-17(2)12-13-29-25(33)21(15-18(3)4)32(16-20-11-8-14-36-20)27(35)24-22(28)23(31-37-24)26(34)30-19-9-6-5-7-10-19/h8,11,14,17-19,21H,5-7,9-10,12-13,15-16,28H2,1-4H3,(H,29,33)(H,30,34)/t21-/m0/s1. The molecule has 2 aromatic heterocycles. The monoisotopic (exact) mass is 547 g/mol. The summed E-state index contributed by atoms with van der Waals surface area (Å²) >= 11 is 2.46. The van der Waals surface area contributed by atoms with Gasteiger partial charge in [0.05, 0.1) is 12.2 Å². The zero-order valence-electron chi connectivity index (χ0n) is 22.4. The summed E-state index contributed by atoms with van der Waals surface area (Å²) in [7, 11) is 0. The lowest BCUT2D eigenvalue weighted by atomic mass is 9.95. The van der Waals surface area contributed by atoms with E-state index in [1.54, 1.807) is 4.90 Å². The molecule has 204 valence electrons. The van der Waals surface area contributed by atoms with Crippen LogP contribution in [0.1, 0.15) is 97.7 Å². The summed E-state index contributed by atoms with van der Waals surface area (Å²) in [5.41, 5.74) is 6.53. The predicted molar refractivity (Wildman–Crippen MR) is 151 cm³/mol. The van der Waals surface area contributed by atoms with Gasteiger partial charge < -0.3 is 21.3 Å². The number of hydrogen-bond acceptors (Lipinski definition) is 7.